The van der Waals surface area contributed by atoms with Crippen LogP contribution in [-0.4, -0.2) is 29.9 Å². The maximum atomic E-state index is 10.1. The SMILES string of the molecule is CNCc1ccccc1C(O)C(O)CCN=[N+]=[N-]. The van der Waals surface area contributed by atoms with Gasteiger partial charge < -0.3 is 15.5 Å². The lowest BCUT2D eigenvalue weighted by atomic mass is 9.97. The quantitative estimate of drug-likeness (QED) is 0.388. The molecule has 0 spiro atoms. The molecular weight excluding hydrogens is 232 g/mol. The van der Waals surface area contributed by atoms with E-state index in [-0.39, 0.29) is 13.0 Å². The average Bonchev–Trinajstić information content (AvgIpc) is 2.39. The lowest BCUT2D eigenvalue weighted by molar-refractivity contribution is 0.0145. The van der Waals surface area contributed by atoms with Gasteiger partial charge in [0.15, 0.2) is 0 Å². The highest BCUT2D eigenvalue weighted by Crippen LogP contribution is 2.22. The van der Waals surface area contributed by atoms with Crippen LogP contribution in [-0.2, 0) is 6.54 Å². The first-order valence-electron chi connectivity index (χ1n) is 5.80. The molecule has 98 valence electrons. The molecule has 0 aliphatic rings. The van der Waals surface area contributed by atoms with E-state index >= 15 is 0 Å². The highest BCUT2D eigenvalue weighted by atomic mass is 16.3. The van der Waals surface area contributed by atoms with Crippen molar-refractivity contribution in [3.63, 3.8) is 0 Å². The Hall–Kier alpha value is -1.59. The van der Waals surface area contributed by atoms with Gasteiger partial charge in [0.05, 0.1) is 6.10 Å². The molecule has 1 aromatic rings. The van der Waals surface area contributed by atoms with Gasteiger partial charge in [-0.05, 0) is 30.1 Å². The minimum Gasteiger partial charge on any atom is -0.390 e. The van der Waals surface area contributed by atoms with Crippen molar-refractivity contribution >= 4 is 0 Å². The van der Waals surface area contributed by atoms with Crippen LogP contribution in [0.4, 0.5) is 0 Å². The van der Waals surface area contributed by atoms with E-state index in [9.17, 15) is 10.2 Å². The highest BCUT2D eigenvalue weighted by Gasteiger charge is 2.19. The molecule has 0 aliphatic heterocycles. The summed E-state index contributed by atoms with van der Waals surface area (Å²) >= 11 is 0. The van der Waals surface area contributed by atoms with E-state index in [0.29, 0.717) is 12.1 Å². The zero-order valence-electron chi connectivity index (χ0n) is 10.3. The third-order valence-electron chi connectivity index (χ3n) is 2.69. The van der Waals surface area contributed by atoms with Crippen molar-refractivity contribution in [3.8, 4) is 0 Å². The summed E-state index contributed by atoms with van der Waals surface area (Å²) in [5, 5.41) is 26.3. The third-order valence-corrected chi connectivity index (χ3v) is 2.69. The molecule has 18 heavy (non-hydrogen) atoms. The maximum absolute atomic E-state index is 10.1. The molecule has 6 heteroatoms. The zero-order valence-corrected chi connectivity index (χ0v) is 10.3. The number of hydrogen-bond donors (Lipinski definition) is 3. The van der Waals surface area contributed by atoms with Gasteiger partial charge in [0.25, 0.3) is 0 Å². The summed E-state index contributed by atoms with van der Waals surface area (Å²) in [6, 6.07) is 7.39. The summed E-state index contributed by atoms with van der Waals surface area (Å²) in [5.74, 6) is 0. The van der Waals surface area contributed by atoms with E-state index in [0.717, 1.165) is 5.56 Å². The van der Waals surface area contributed by atoms with Crippen LogP contribution in [0.15, 0.2) is 29.4 Å². The number of nitrogens with zero attached hydrogens (tertiary/aromatic N) is 3. The zero-order chi connectivity index (χ0) is 13.4. The average molecular weight is 250 g/mol. The normalized spacial score (nSPS) is 13.7. The fourth-order valence-electron chi connectivity index (χ4n) is 1.77. The van der Waals surface area contributed by atoms with Gasteiger partial charge in [-0.3, -0.25) is 0 Å². The molecule has 0 radical (unpaired) electrons. The third kappa shape index (κ3) is 4.01. The molecular formula is C12H18N4O2. The van der Waals surface area contributed by atoms with Crippen LogP contribution in [0.25, 0.3) is 10.4 Å². The molecule has 2 atom stereocenters. The number of nitrogens with one attached hydrogen (secondary N) is 1. The second-order valence-corrected chi connectivity index (χ2v) is 3.98. The predicted octanol–water partition coefficient (Wildman–Crippen LogP) is 1.50. The molecule has 3 N–H and O–H groups in total. The lowest BCUT2D eigenvalue weighted by Gasteiger charge is -2.20. The van der Waals surface area contributed by atoms with Crippen molar-refractivity contribution < 1.29 is 10.2 Å². The standard InChI is InChI=1S/C12H18N4O2/c1-14-8-9-4-2-3-5-10(9)12(18)11(17)6-7-15-16-13/h2-5,11-12,14,17-18H,6-8H2,1H3. The second kappa shape index (κ2) is 7.68. The van der Waals surface area contributed by atoms with Crippen molar-refractivity contribution in [2.45, 2.75) is 25.2 Å². The van der Waals surface area contributed by atoms with Crippen molar-refractivity contribution in [1.82, 2.24) is 5.32 Å². The molecule has 6 nitrogen and oxygen atoms in total. The van der Waals surface area contributed by atoms with Crippen LogP contribution in [0.5, 0.6) is 0 Å². The molecule has 0 amide bonds. The summed E-state index contributed by atoms with van der Waals surface area (Å²) in [6.07, 6.45) is -1.67. The minimum absolute atomic E-state index is 0.170. The van der Waals surface area contributed by atoms with Crippen molar-refractivity contribution in [1.29, 1.82) is 0 Å². The van der Waals surface area contributed by atoms with Crippen LogP contribution in [0, 0.1) is 0 Å². The molecule has 0 aromatic heterocycles. The van der Waals surface area contributed by atoms with E-state index in [2.05, 4.69) is 15.3 Å². The van der Waals surface area contributed by atoms with Crippen molar-refractivity contribution in [2.24, 2.45) is 5.11 Å². The lowest BCUT2D eigenvalue weighted by Crippen LogP contribution is -2.21. The van der Waals surface area contributed by atoms with Crippen LogP contribution < -0.4 is 5.32 Å². The largest absolute Gasteiger partial charge is 0.390 e. The molecule has 0 saturated heterocycles. The Labute approximate surface area is 106 Å². The molecule has 2 unspecified atom stereocenters. The first-order chi connectivity index (χ1) is 8.70. The van der Waals surface area contributed by atoms with Gasteiger partial charge in [-0.1, -0.05) is 29.4 Å². The van der Waals surface area contributed by atoms with Crippen molar-refractivity contribution in [3.05, 3.63) is 45.8 Å². The number of rotatable bonds is 7. The molecule has 0 fully saturated rings. The van der Waals surface area contributed by atoms with Crippen LogP contribution >= 0.6 is 0 Å². The maximum Gasteiger partial charge on any atom is 0.105 e. The van der Waals surface area contributed by atoms with Gasteiger partial charge in [0.1, 0.15) is 6.10 Å². The summed E-state index contributed by atoms with van der Waals surface area (Å²) < 4.78 is 0. The summed E-state index contributed by atoms with van der Waals surface area (Å²) in [5.41, 5.74) is 9.79. The molecule has 1 rings (SSSR count). The van der Waals surface area contributed by atoms with E-state index < -0.39 is 12.2 Å². The minimum atomic E-state index is -0.969. The van der Waals surface area contributed by atoms with Crippen LogP contribution in [0.2, 0.25) is 0 Å². The van der Waals surface area contributed by atoms with Crippen LogP contribution in [0.1, 0.15) is 23.7 Å². The fourth-order valence-corrected chi connectivity index (χ4v) is 1.77. The molecule has 0 saturated carbocycles. The Bertz CT molecular complexity index is 418. The molecule has 0 bridgehead atoms. The first-order valence-corrected chi connectivity index (χ1v) is 5.80. The fraction of sp³-hybridized carbons (Fsp3) is 0.500. The predicted molar refractivity (Wildman–Crippen MR) is 68.8 cm³/mol. The Morgan fingerprint density at radius 3 is 2.78 bits per heavy atom. The van der Waals surface area contributed by atoms with E-state index in [1.54, 1.807) is 6.07 Å². The monoisotopic (exact) mass is 250 g/mol. The van der Waals surface area contributed by atoms with Gasteiger partial charge in [-0.15, -0.1) is 0 Å². The highest BCUT2D eigenvalue weighted by molar-refractivity contribution is 5.29. The Balaban J connectivity index is 2.75. The number of aliphatic hydroxyl groups is 2. The van der Waals surface area contributed by atoms with E-state index in [1.165, 1.54) is 0 Å². The Kier molecular flexibility index (Phi) is 6.18. The summed E-state index contributed by atoms with van der Waals surface area (Å²) in [7, 11) is 1.82. The number of aliphatic hydroxyl groups excluding tert-OH is 2. The summed E-state index contributed by atoms with van der Waals surface area (Å²) in [6.45, 7) is 0.791. The Morgan fingerprint density at radius 1 is 1.39 bits per heavy atom. The van der Waals surface area contributed by atoms with Gasteiger partial charge in [-0.2, -0.15) is 0 Å². The number of benzene rings is 1. The number of hydrogen-bond acceptors (Lipinski definition) is 4. The first kappa shape index (κ1) is 14.5. The summed E-state index contributed by atoms with van der Waals surface area (Å²) in [4.78, 5) is 2.61. The number of azide groups is 1. The van der Waals surface area contributed by atoms with Gasteiger partial charge in [-0.25, -0.2) is 0 Å². The second-order valence-electron chi connectivity index (χ2n) is 3.98. The van der Waals surface area contributed by atoms with Crippen molar-refractivity contribution in [2.75, 3.05) is 13.6 Å². The van der Waals surface area contributed by atoms with E-state index in [4.69, 9.17) is 5.53 Å². The smallest absolute Gasteiger partial charge is 0.105 e. The van der Waals surface area contributed by atoms with Gasteiger partial charge in [0.2, 0.25) is 0 Å². The molecule has 1 aromatic carbocycles. The molecule has 0 aliphatic carbocycles. The topological polar surface area (TPSA) is 101 Å². The molecule has 0 heterocycles. The van der Waals surface area contributed by atoms with Gasteiger partial charge >= 0.3 is 0 Å². The van der Waals surface area contributed by atoms with Gasteiger partial charge in [0, 0.05) is 18.0 Å². The Morgan fingerprint density at radius 2 is 2.11 bits per heavy atom. The van der Waals surface area contributed by atoms with Crippen LogP contribution in [0.3, 0.4) is 0 Å². The van der Waals surface area contributed by atoms with E-state index in [1.807, 2.05) is 25.2 Å².